The first-order valence-electron chi connectivity index (χ1n) is 6.32. The number of carbonyl (C=O) groups excluding carboxylic acids is 2. The zero-order chi connectivity index (χ0) is 15.2. The molecule has 1 saturated heterocycles. The maximum absolute atomic E-state index is 11.8. The van der Waals surface area contributed by atoms with E-state index in [9.17, 15) is 14.4 Å². The molecule has 1 unspecified atom stereocenters. The normalized spacial score (nSPS) is 17.0. The van der Waals surface area contributed by atoms with E-state index in [1.54, 1.807) is 24.3 Å². The minimum atomic E-state index is -1.11. The van der Waals surface area contributed by atoms with Crippen LogP contribution in [0.25, 0.3) is 0 Å². The van der Waals surface area contributed by atoms with E-state index in [4.69, 9.17) is 9.84 Å². The summed E-state index contributed by atoms with van der Waals surface area (Å²) < 4.78 is 5.08. The van der Waals surface area contributed by atoms with E-state index < -0.39 is 18.6 Å². The number of hydrogen-bond donors (Lipinski definition) is 4. The molecule has 2 rings (SSSR count). The number of carbonyl (C=O) groups is 3. The molecule has 1 aliphatic rings. The molecule has 1 heterocycles. The van der Waals surface area contributed by atoms with Crippen molar-refractivity contribution < 1.29 is 24.2 Å². The highest BCUT2D eigenvalue weighted by Crippen LogP contribution is 2.23. The largest absolute Gasteiger partial charge is 0.480 e. The Morgan fingerprint density at radius 1 is 1.38 bits per heavy atom. The van der Waals surface area contributed by atoms with Crippen LogP contribution in [0.15, 0.2) is 24.3 Å². The van der Waals surface area contributed by atoms with Gasteiger partial charge in [-0.2, -0.15) is 0 Å². The van der Waals surface area contributed by atoms with E-state index in [-0.39, 0.29) is 24.1 Å². The van der Waals surface area contributed by atoms with Crippen LogP contribution in [-0.2, 0) is 9.59 Å². The lowest BCUT2D eigenvalue weighted by Gasteiger charge is -2.14. The summed E-state index contributed by atoms with van der Waals surface area (Å²) in [5.41, 5.74) is 0.355. The number of amides is 3. The van der Waals surface area contributed by atoms with Gasteiger partial charge in [-0.3, -0.25) is 4.79 Å². The molecule has 8 heteroatoms. The highest BCUT2D eigenvalue weighted by molar-refractivity contribution is 5.92. The van der Waals surface area contributed by atoms with E-state index in [0.717, 1.165) is 0 Å². The molecule has 1 atom stereocenters. The first kappa shape index (κ1) is 14.6. The minimum Gasteiger partial charge on any atom is -0.480 e. The summed E-state index contributed by atoms with van der Waals surface area (Å²) in [6.07, 6.45) is 0.241. The third kappa shape index (κ3) is 4.37. The van der Waals surface area contributed by atoms with Crippen molar-refractivity contribution in [3.8, 4) is 5.75 Å². The SMILES string of the molecule is O=C(O)COc1ccccc1NC(=O)NC1CNC(=O)C1. The first-order valence-corrected chi connectivity index (χ1v) is 6.32. The van der Waals surface area contributed by atoms with Gasteiger partial charge in [-0.05, 0) is 12.1 Å². The Morgan fingerprint density at radius 3 is 2.81 bits per heavy atom. The van der Waals surface area contributed by atoms with Crippen LogP contribution >= 0.6 is 0 Å². The second kappa shape index (κ2) is 6.60. The number of urea groups is 1. The van der Waals surface area contributed by atoms with E-state index >= 15 is 0 Å². The molecule has 1 aliphatic heterocycles. The molecule has 1 aromatic rings. The minimum absolute atomic E-state index is 0.106. The number of carboxylic acids is 1. The van der Waals surface area contributed by atoms with Gasteiger partial charge in [0.1, 0.15) is 5.75 Å². The van der Waals surface area contributed by atoms with Crippen molar-refractivity contribution in [3.63, 3.8) is 0 Å². The molecule has 0 aromatic heterocycles. The van der Waals surface area contributed by atoms with Crippen LogP contribution in [-0.4, -0.2) is 42.2 Å². The van der Waals surface area contributed by atoms with Crippen molar-refractivity contribution in [2.24, 2.45) is 0 Å². The van der Waals surface area contributed by atoms with E-state index in [2.05, 4.69) is 16.0 Å². The molecule has 3 amide bonds. The average molecular weight is 293 g/mol. The number of benzene rings is 1. The highest BCUT2D eigenvalue weighted by atomic mass is 16.5. The second-order valence-electron chi connectivity index (χ2n) is 4.48. The fourth-order valence-electron chi connectivity index (χ4n) is 1.89. The molecule has 21 heavy (non-hydrogen) atoms. The smallest absolute Gasteiger partial charge is 0.341 e. The summed E-state index contributed by atoms with van der Waals surface area (Å²) in [5.74, 6) is -0.953. The molecule has 4 N–H and O–H groups in total. The molecular weight excluding hydrogens is 278 g/mol. The lowest BCUT2D eigenvalue weighted by Crippen LogP contribution is -2.39. The van der Waals surface area contributed by atoms with Gasteiger partial charge < -0.3 is 25.8 Å². The van der Waals surface area contributed by atoms with Gasteiger partial charge in [0, 0.05) is 13.0 Å². The fraction of sp³-hybridized carbons (Fsp3) is 0.308. The summed E-state index contributed by atoms with van der Waals surface area (Å²) in [6.45, 7) is -0.106. The maximum Gasteiger partial charge on any atom is 0.341 e. The van der Waals surface area contributed by atoms with Crippen LogP contribution < -0.4 is 20.7 Å². The number of carboxylic acid groups (broad SMARTS) is 1. The van der Waals surface area contributed by atoms with E-state index in [1.807, 2.05) is 0 Å². The lowest BCUT2D eigenvalue weighted by molar-refractivity contribution is -0.139. The Hall–Kier alpha value is -2.77. The van der Waals surface area contributed by atoms with Crippen LogP contribution in [0.1, 0.15) is 6.42 Å². The van der Waals surface area contributed by atoms with Gasteiger partial charge in [0.25, 0.3) is 0 Å². The predicted molar refractivity (Wildman–Crippen MR) is 73.1 cm³/mol. The molecular formula is C13H15N3O5. The first-order chi connectivity index (χ1) is 10.0. The average Bonchev–Trinajstić information content (AvgIpc) is 2.83. The topological polar surface area (TPSA) is 117 Å². The highest BCUT2D eigenvalue weighted by Gasteiger charge is 2.23. The molecule has 112 valence electrons. The summed E-state index contributed by atoms with van der Waals surface area (Å²) in [6, 6.07) is 5.75. The zero-order valence-electron chi connectivity index (χ0n) is 11.1. The number of aliphatic carboxylic acids is 1. The van der Waals surface area contributed by atoms with Crippen LogP contribution in [0, 0.1) is 0 Å². The molecule has 1 fully saturated rings. The van der Waals surface area contributed by atoms with Gasteiger partial charge in [-0.25, -0.2) is 9.59 Å². The number of para-hydroxylation sites is 2. The summed E-state index contributed by atoms with van der Waals surface area (Å²) in [5, 5.41) is 16.4. The molecule has 0 spiro atoms. The van der Waals surface area contributed by atoms with E-state index in [1.165, 1.54) is 0 Å². The molecule has 0 saturated carbocycles. The Balaban J connectivity index is 1.93. The number of hydrogen-bond acceptors (Lipinski definition) is 4. The van der Waals surface area contributed by atoms with Crippen molar-refractivity contribution in [3.05, 3.63) is 24.3 Å². The van der Waals surface area contributed by atoms with Gasteiger partial charge >= 0.3 is 12.0 Å². The van der Waals surface area contributed by atoms with Crippen LogP contribution in [0.4, 0.5) is 10.5 Å². The molecule has 1 aromatic carbocycles. The molecule has 0 radical (unpaired) electrons. The summed E-state index contributed by atoms with van der Waals surface area (Å²) in [4.78, 5) is 33.4. The van der Waals surface area contributed by atoms with Gasteiger partial charge in [-0.15, -0.1) is 0 Å². The Kier molecular flexibility index (Phi) is 4.60. The standard InChI is InChI=1S/C13H15N3O5/c17-11-5-8(6-14-11)15-13(20)16-9-3-1-2-4-10(9)21-7-12(18)19/h1-4,8H,5-7H2,(H,14,17)(H,18,19)(H2,15,16,20). The third-order valence-corrected chi connectivity index (χ3v) is 2.80. The van der Waals surface area contributed by atoms with Crippen LogP contribution in [0.5, 0.6) is 5.75 Å². The van der Waals surface area contributed by atoms with Crippen molar-refractivity contribution in [1.29, 1.82) is 0 Å². The quantitative estimate of drug-likeness (QED) is 0.617. The predicted octanol–water partition coefficient (Wildman–Crippen LogP) is 0.160. The van der Waals surface area contributed by atoms with Gasteiger partial charge in [0.15, 0.2) is 6.61 Å². The number of nitrogens with one attached hydrogen (secondary N) is 3. The van der Waals surface area contributed by atoms with Crippen LogP contribution in [0.3, 0.4) is 0 Å². The summed E-state index contributed by atoms with van der Waals surface area (Å²) in [7, 11) is 0. The molecule has 0 aliphatic carbocycles. The second-order valence-corrected chi connectivity index (χ2v) is 4.48. The van der Waals surface area contributed by atoms with Gasteiger partial charge in [0.05, 0.1) is 11.7 Å². The zero-order valence-corrected chi connectivity index (χ0v) is 11.1. The Morgan fingerprint density at radius 2 is 2.14 bits per heavy atom. The van der Waals surface area contributed by atoms with E-state index in [0.29, 0.717) is 12.2 Å². The van der Waals surface area contributed by atoms with Crippen molar-refractivity contribution in [2.45, 2.75) is 12.5 Å². The maximum atomic E-state index is 11.8. The third-order valence-electron chi connectivity index (χ3n) is 2.80. The lowest BCUT2D eigenvalue weighted by atomic mass is 10.2. The number of ether oxygens (including phenoxy) is 1. The van der Waals surface area contributed by atoms with Gasteiger partial charge in [-0.1, -0.05) is 12.1 Å². The van der Waals surface area contributed by atoms with Gasteiger partial charge in [0.2, 0.25) is 5.91 Å². The molecule has 8 nitrogen and oxygen atoms in total. The molecule has 0 bridgehead atoms. The Bertz CT molecular complexity index is 560. The van der Waals surface area contributed by atoms with Crippen molar-refractivity contribution >= 4 is 23.6 Å². The van der Waals surface area contributed by atoms with Crippen molar-refractivity contribution in [1.82, 2.24) is 10.6 Å². The summed E-state index contributed by atoms with van der Waals surface area (Å²) >= 11 is 0. The number of anilines is 1. The van der Waals surface area contributed by atoms with Crippen molar-refractivity contribution in [2.75, 3.05) is 18.5 Å². The van der Waals surface area contributed by atoms with Crippen LogP contribution in [0.2, 0.25) is 0 Å². The Labute approximate surface area is 120 Å². The monoisotopic (exact) mass is 293 g/mol. The number of rotatable bonds is 5. The fourth-order valence-corrected chi connectivity index (χ4v) is 1.89.